The summed E-state index contributed by atoms with van der Waals surface area (Å²) in [5, 5.41) is 0. The maximum atomic E-state index is 14.4. The van der Waals surface area contributed by atoms with Gasteiger partial charge < -0.3 is 19.1 Å². The Bertz CT molecular complexity index is 1410. The molecular weight excluding hydrogens is 488 g/mol. The molecule has 0 bridgehead atoms. The number of nitrogens with zero attached hydrogens (tertiary/aromatic N) is 1. The Kier molecular flexibility index (Phi) is 7.54. The van der Waals surface area contributed by atoms with Gasteiger partial charge in [-0.3, -0.25) is 4.79 Å². The molecule has 0 fully saturated rings. The third kappa shape index (κ3) is 5.47. The van der Waals surface area contributed by atoms with Crippen LogP contribution >= 0.6 is 0 Å². The van der Waals surface area contributed by atoms with E-state index in [4.69, 9.17) is 14.2 Å². The average Bonchev–Trinajstić information content (AvgIpc) is 2.95. The summed E-state index contributed by atoms with van der Waals surface area (Å²) in [5.74, 6) is -0.775. The highest BCUT2D eigenvalue weighted by atomic mass is 19.1. The molecule has 0 saturated heterocycles. The summed E-state index contributed by atoms with van der Waals surface area (Å²) in [6, 6.07) is 25.6. The molecule has 38 heavy (non-hydrogen) atoms. The van der Waals surface area contributed by atoms with Crippen molar-refractivity contribution in [1.29, 1.82) is 0 Å². The lowest BCUT2D eigenvalue weighted by atomic mass is 9.97. The van der Waals surface area contributed by atoms with Gasteiger partial charge in [-0.2, -0.15) is 0 Å². The summed E-state index contributed by atoms with van der Waals surface area (Å²) in [4.78, 5) is 15.4. The third-order valence-corrected chi connectivity index (χ3v) is 6.54. The zero-order valence-corrected chi connectivity index (χ0v) is 20.9. The van der Waals surface area contributed by atoms with Crippen LogP contribution in [0.3, 0.4) is 0 Å². The SMILES string of the molecule is COc1ccc2c(c1OCc1ccccc1)CCN(C(=O)C(Oc1ccc(F)cc1F)c1ccccc1)C2. The maximum Gasteiger partial charge on any atom is 0.268 e. The largest absolute Gasteiger partial charge is 0.493 e. The second kappa shape index (κ2) is 11.3. The van der Waals surface area contributed by atoms with Crippen LogP contribution in [-0.2, 0) is 24.4 Å². The van der Waals surface area contributed by atoms with Crippen LogP contribution in [0.5, 0.6) is 17.2 Å². The van der Waals surface area contributed by atoms with Crippen molar-refractivity contribution in [2.75, 3.05) is 13.7 Å². The van der Waals surface area contributed by atoms with Gasteiger partial charge in [0.25, 0.3) is 5.91 Å². The minimum absolute atomic E-state index is 0.188. The van der Waals surface area contributed by atoms with E-state index in [1.807, 2.05) is 48.5 Å². The van der Waals surface area contributed by atoms with Gasteiger partial charge in [-0.1, -0.05) is 66.7 Å². The second-order valence-corrected chi connectivity index (χ2v) is 9.00. The van der Waals surface area contributed by atoms with Crippen LogP contribution < -0.4 is 14.2 Å². The molecule has 0 aliphatic carbocycles. The molecule has 5 rings (SSSR count). The van der Waals surface area contributed by atoms with Crippen molar-refractivity contribution >= 4 is 5.91 Å². The first-order valence-corrected chi connectivity index (χ1v) is 12.3. The van der Waals surface area contributed by atoms with Crippen LogP contribution in [0.25, 0.3) is 0 Å². The van der Waals surface area contributed by atoms with Gasteiger partial charge in [-0.15, -0.1) is 0 Å². The summed E-state index contributed by atoms with van der Waals surface area (Å²) in [6.07, 6.45) is -0.542. The third-order valence-electron chi connectivity index (χ3n) is 6.54. The van der Waals surface area contributed by atoms with Crippen molar-refractivity contribution < 1.29 is 27.8 Å². The molecule has 0 radical (unpaired) electrons. The normalized spacial score (nSPS) is 13.4. The number of benzene rings is 4. The smallest absolute Gasteiger partial charge is 0.268 e. The van der Waals surface area contributed by atoms with Crippen LogP contribution in [0.2, 0.25) is 0 Å². The van der Waals surface area contributed by atoms with E-state index in [1.54, 1.807) is 36.3 Å². The molecule has 0 saturated carbocycles. The minimum atomic E-state index is -1.09. The maximum absolute atomic E-state index is 14.4. The Balaban J connectivity index is 1.40. The van der Waals surface area contributed by atoms with Crippen LogP contribution in [0, 0.1) is 11.6 Å². The number of amides is 1. The Morgan fingerprint density at radius 1 is 0.921 bits per heavy atom. The predicted molar refractivity (Wildman–Crippen MR) is 139 cm³/mol. The van der Waals surface area contributed by atoms with Crippen LogP contribution in [0.1, 0.15) is 28.4 Å². The molecule has 0 aromatic heterocycles. The second-order valence-electron chi connectivity index (χ2n) is 9.00. The number of hydrogen-bond acceptors (Lipinski definition) is 4. The number of carbonyl (C=O) groups is 1. The lowest BCUT2D eigenvalue weighted by Gasteiger charge is -2.33. The molecule has 4 aromatic carbocycles. The number of rotatable bonds is 8. The lowest BCUT2D eigenvalue weighted by Crippen LogP contribution is -2.40. The number of fused-ring (bicyclic) bond motifs is 1. The van der Waals surface area contributed by atoms with E-state index in [0.717, 1.165) is 28.8 Å². The van der Waals surface area contributed by atoms with Gasteiger partial charge in [0.1, 0.15) is 12.4 Å². The van der Waals surface area contributed by atoms with Crippen molar-refractivity contribution in [3.05, 3.63) is 125 Å². The van der Waals surface area contributed by atoms with Gasteiger partial charge in [0, 0.05) is 30.3 Å². The van der Waals surface area contributed by atoms with Gasteiger partial charge >= 0.3 is 0 Å². The molecule has 4 aromatic rings. The van der Waals surface area contributed by atoms with Crippen LogP contribution in [0.4, 0.5) is 8.78 Å². The van der Waals surface area contributed by atoms with Crippen molar-refractivity contribution in [2.45, 2.75) is 25.7 Å². The molecule has 194 valence electrons. The Labute approximate surface area is 220 Å². The van der Waals surface area contributed by atoms with Gasteiger partial charge in [-0.25, -0.2) is 8.78 Å². The van der Waals surface area contributed by atoms with E-state index in [9.17, 15) is 13.6 Å². The Morgan fingerprint density at radius 3 is 2.34 bits per heavy atom. The van der Waals surface area contributed by atoms with Gasteiger partial charge in [0.15, 0.2) is 23.1 Å². The molecule has 7 heteroatoms. The first-order valence-electron chi connectivity index (χ1n) is 12.3. The average molecular weight is 516 g/mol. The number of hydrogen-bond donors (Lipinski definition) is 0. The molecule has 1 heterocycles. The summed E-state index contributed by atoms with van der Waals surface area (Å²) in [6.45, 7) is 1.14. The predicted octanol–water partition coefficient (Wildman–Crippen LogP) is 6.26. The molecule has 0 spiro atoms. The zero-order valence-electron chi connectivity index (χ0n) is 20.9. The minimum Gasteiger partial charge on any atom is -0.493 e. The van der Waals surface area contributed by atoms with E-state index in [-0.39, 0.29) is 11.7 Å². The zero-order chi connectivity index (χ0) is 26.5. The van der Waals surface area contributed by atoms with E-state index < -0.39 is 17.7 Å². The standard InChI is InChI=1S/C31H27F2NO4/c1-36-28-14-12-23-19-34(17-16-25(23)30(28)37-20-21-8-4-2-5-9-21)31(35)29(22-10-6-3-7-11-22)38-27-15-13-24(32)18-26(27)33/h2-15,18,29H,16-17,19-20H2,1H3. The number of halogens is 2. The topological polar surface area (TPSA) is 48.0 Å². The summed E-state index contributed by atoms with van der Waals surface area (Å²) >= 11 is 0. The molecule has 1 unspecified atom stereocenters. The quantitative estimate of drug-likeness (QED) is 0.278. The molecule has 1 aliphatic heterocycles. The number of carbonyl (C=O) groups excluding carboxylic acids is 1. The monoisotopic (exact) mass is 515 g/mol. The number of ether oxygens (including phenoxy) is 3. The highest BCUT2D eigenvalue weighted by Gasteiger charge is 2.32. The lowest BCUT2D eigenvalue weighted by molar-refractivity contribution is -0.140. The fourth-order valence-electron chi connectivity index (χ4n) is 4.59. The molecule has 1 amide bonds. The summed E-state index contributed by atoms with van der Waals surface area (Å²) < 4.78 is 45.5. The van der Waals surface area contributed by atoms with E-state index in [0.29, 0.717) is 43.2 Å². The first-order chi connectivity index (χ1) is 18.5. The molecule has 5 nitrogen and oxygen atoms in total. The Hall–Kier alpha value is -4.39. The molecule has 1 atom stereocenters. The molecule has 0 N–H and O–H groups in total. The fourth-order valence-corrected chi connectivity index (χ4v) is 4.59. The summed E-state index contributed by atoms with van der Waals surface area (Å²) in [7, 11) is 1.60. The van der Waals surface area contributed by atoms with Gasteiger partial charge in [0.05, 0.1) is 7.11 Å². The highest BCUT2D eigenvalue weighted by molar-refractivity contribution is 5.83. The number of methoxy groups -OCH3 is 1. The highest BCUT2D eigenvalue weighted by Crippen LogP contribution is 2.38. The van der Waals surface area contributed by atoms with Crippen molar-refractivity contribution in [2.24, 2.45) is 0 Å². The van der Waals surface area contributed by atoms with E-state index in [2.05, 4.69) is 0 Å². The summed E-state index contributed by atoms with van der Waals surface area (Å²) in [5.41, 5.74) is 3.55. The van der Waals surface area contributed by atoms with Crippen LogP contribution in [-0.4, -0.2) is 24.5 Å². The first kappa shape index (κ1) is 25.3. The van der Waals surface area contributed by atoms with E-state index in [1.165, 1.54) is 6.07 Å². The van der Waals surface area contributed by atoms with Gasteiger partial charge in [0.2, 0.25) is 6.10 Å². The molecular formula is C31H27F2NO4. The van der Waals surface area contributed by atoms with Gasteiger partial charge in [-0.05, 0) is 35.7 Å². The van der Waals surface area contributed by atoms with E-state index >= 15 is 0 Å². The fraction of sp³-hybridized carbons (Fsp3) is 0.194. The van der Waals surface area contributed by atoms with Crippen molar-refractivity contribution in [1.82, 2.24) is 4.90 Å². The van der Waals surface area contributed by atoms with Crippen molar-refractivity contribution in [3.63, 3.8) is 0 Å². The Morgan fingerprint density at radius 2 is 1.63 bits per heavy atom. The molecule has 1 aliphatic rings. The van der Waals surface area contributed by atoms with Crippen LogP contribution in [0.15, 0.2) is 91.0 Å². The van der Waals surface area contributed by atoms with Crippen molar-refractivity contribution in [3.8, 4) is 17.2 Å².